The predicted molar refractivity (Wildman–Crippen MR) is 105 cm³/mol. The molecule has 4 aromatic rings. The summed E-state index contributed by atoms with van der Waals surface area (Å²) in [6, 6.07) is 4.03. The van der Waals surface area contributed by atoms with Crippen molar-refractivity contribution >= 4 is 22.8 Å². The van der Waals surface area contributed by atoms with Crippen LogP contribution >= 0.6 is 0 Å². The number of piperidine rings is 1. The summed E-state index contributed by atoms with van der Waals surface area (Å²) >= 11 is 0. The Morgan fingerprint density at radius 1 is 1.14 bits per heavy atom. The molecular weight excluding hydrogens is 372 g/mol. The topological polar surface area (TPSA) is 120 Å². The van der Waals surface area contributed by atoms with Crippen LogP contribution in [0.1, 0.15) is 18.9 Å². The molecule has 0 saturated carbocycles. The molecule has 1 aliphatic rings. The zero-order valence-corrected chi connectivity index (χ0v) is 15.9. The van der Waals surface area contributed by atoms with Crippen LogP contribution in [0, 0.1) is 0 Å². The molecule has 1 saturated heterocycles. The molecule has 0 aliphatic carbocycles. The number of nitrogens with zero attached hydrogens (tertiary/aromatic N) is 8. The van der Waals surface area contributed by atoms with Crippen molar-refractivity contribution in [1.29, 1.82) is 0 Å². The SMILES string of the molecule is COc1ccc(-n2nnc3cnc(Nc4cnn(C5CCNCC5)c4)nc32)cn1. The Balaban J connectivity index is 1.40. The summed E-state index contributed by atoms with van der Waals surface area (Å²) in [4.78, 5) is 13.1. The number of rotatable bonds is 5. The summed E-state index contributed by atoms with van der Waals surface area (Å²) in [5.41, 5.74) is 2.75. The fraction of sp³-hybridized carbons (Fsp3) is 0.333. The minimum atomic E-state index is 0.420. The number of pyridine rings is 1. The minimum Gasteiger partial charge on any atom is -0.481 e. The molecule has 0 spiro atoms. The van der Waals surface area contributed by atoms with E-state index in [4.69, 9.17) is 4.74 Å². The molecule has 5 heterocycles. The quantitative estimate of drug-likeness (QED) is 0.520. The van der Waals surface area contributed by atoms with E-state index in [1.54, 1.807) is 36.4 Å². The van der Waals surface area contributed by atoms with Crippen molar-refractivity contribution in [2.75, 3.05) is 25.5 Å². The molecule has 0 radical (unpaired) electrons. The van der Waals surface area contributed by atoms with Crippen LogP contribution in [0.2, 0.25) is 0 Å². The highest BCUT2D eigenvalue weighted by Gasteiger charge is 2.16. The van der Waals surface area contributed by atoms with Gasteiger partial charge in [-0.15, -0.1) is 5.10 Å². The van der Waals surface area contributed by atoms with Crippen molar-refractivity contribution in [3.8, 4) is 11.6 Å². The van der Waals surface area contributed by atoms with E-state index in [2.05, 4.69) is 41.0 Å². The van der Waals surface area contributed by atoms with E-state index in [-0.39, 0.29) is 0 Å². The van der Waals surface area contributed by atoms with Crippen molar-refractivity contribution in [2.45, 2.75) is 18.9 Å². The van der Waals surface area contributed by atoms with Gasteiger partial charge in [0.1, 0.15) is 0 Å². The molecule has 148 valence electrons. The molecule has 1 aliphatic heterocycles. The second kappa shape index (κ2) is 7.43. The van der Waals surface area contributed by atoms with Gasteiger partial charge < -0.3 is 15.4 Å². The Morgan fingerprint density at radius 2 is 2.03 bits per heavy atom. The van der Waals surface area contributed by atoms with Crippen molar-refractivity contribution in [1.82, 2.24) is 45.0 Å². The second-order valence-corrected chi connectivity index (χ2v) is 6.78. The molecule has 1 fully saturated rings. The first-order chi connectivity index (χ1) is 14.3. The third-order valence-electron chi connectivity index (χ3n) is 4.91. The highest BCUT2D eigenvalue weighted by molar-refractivity contribution is 5.72. The van der Waals surface area contributed by atoms with E-state index in [1.807, 2.05) is 16.9 Å². The number of aromatic nitrogens is 8. The van der Waals surface area contributed by atoms with E-state index >= 15 is 0 Å². The summed E-state index contributed by atoms with van der Waals surface area (Å²) in [5, 5.41) is 19.4. The largest absolute Gasteiger partial charge is 0.481 e. The Labute approximate surface area is 166 Å². The monoisotopic (exact) mass is 392 g/mol. The lowest BCUT2D eigenvalue weighted by Crippen LogP contribution is -2.29. The molecule has 29 heavy (non-hydrogen) atoms. The number of hydrogen-bond donors (Lipinski definition) is 2. The molecule has 0 atom stereocenters. The Morgan fingerprint density at radius 3 is 2.83 bits per heavy atom. The lowest BCUT2D eigenvalue weighted by molar-refractivity contribution is 0.343. The molecule has 4 aromatic heterocycles. The molecule has 5 rings (SSSR count). The van der Waals surface area contributed by atoms with E-state index < -0.39 is 0 Å². The average molecular weight is 392 g/mol. The number of fused-ring (bicyclic) bond motifs is 1. The fourth-order valence-electron chi connectivity index (χ4n) is 3.38. The molecule has 11 nitrogen and oxygen atoms in total. The first-order valence-electron chi connectivity index (χ1n) is 9.41. The lowest BCUT2D eigenvalue weighted by atomic mass is 10.1. The van der Waals surface area contributed by atoms with Crippen LogP contribution in [0.4, 0.5) is 11.6 Å². The van der Waals surface area contributed by atoms with Crippen LogP contribution < -0.4 is 15.4 Å². The van der Waals surface area contributed by atoms with E-state index in [9.17, 15) is 0 Å². The van der Waals surface area contributed by atoms with Crippen LogP contribution in [0.25, 0.3) is 16.9 Å². The Hall–Kier alpha value is -3.60. The molecular formula is C18H20N10O. The summed E-state index contributed by atoms with van der Waals surface area (Å²) in [5.74, 6) is 0.980. The van der Waals surface area contributed by atoms with Gasteiger partial charge in [-0.2, -0.15) is 14.8 Å². The van der Waals surface area contributed by atoms with Gasteiger partial charge in [-0.25, -0.2) is 9.97 Å². The zero-order valence-electron chi connectivity index (χ0n) is 15.9. The summed E-state index contributed by atoms with van der Waals surface area (Å²) in [6.07, 6.45) is 9.23. The van der Waals surface area contributed by atoms with Crippen LogP contribution in [-0.2, 0) is 0 Å². The molecule has 11 heteroatoms. The highest BCUT2D eigenvalue weighted by Crippen LogP contribution is 2.22. The zero-order chi connectivity index (χ0) is 19.6. The standard InChI is InChI=1S/C18H20N10O/c1-29-16-3-2-14(9-20-16)28-17-15(25-26-28)10-21-18(24-17)23-12-8-22-27(11-12)13-4-6-19-7-5-13/h2-3,8-11,13,19H,4-7H2,1H3,(H,21,23,24). The maximum absolute atomic E-state index is 5.10. The normalized spacial score (nSPS) is 14.9. The molecule has 0 bridgehead atoms. The van der Waals surface area contributed by atoms with Crippen molar-refractivity contribution < 1.29 is 4.74 Å². The van der Waals surface area contributed by atoms with Gasteiger partial charge in [0.2, 0.25) is 11.8 Å². The molecule has 0 amide bonds. The van der Waals surface area contributed by atoms with Gasteiger partial charge in [0.25, 0.3) is 0 Å². The lowest BCUT2D eigenvalue weighted by Gasteiger charge is -2.22. The minimum absolute atomic E-state index is 0.420. The third-order valence-corrected chi connectivity index (χ3v) is 4.91. The van der Waals surface area contributed by atoms with Crippen LogP contribution in [0.15, 0.2) is 36.9 Å². The maximum Gasteiger partial charge on any atom is 0.229 e. The Kier molecular flexibility index (Phi) is 4.48. The molecule has 0 unspecified atom stereocenters. The van der Waals surface area contributed by atoms with Gasteiger partial charge in [0.15, 0.2) is 11.2 Å². The highest BCUT2D eigenvalue weighted by atomic mass is 16.5. The second-order valence-electron chi connectivity index (χ2n) is 6.78. The van der Waals surface area contributed by atoms with E-state index in [1.165, 1.54) is 0 Å². The average Bonchev–Trinajstić information content (AvgIpc) is 3.41. The summed E-state index contributed by atoms with van der Waals surface area (Å²) < 4.78 is 8.73. The van der Waals surface area contributed by atoms with Crippen LogP contribution in [0.3, 0.4) is 0 Å². The third kappa shape index (κ3) is 3.47. The van der Waals surface area contributed by atoms with Gasteiger partial charge in [0.05, 0.1) is 43.1 Å². The number of methoxy groups -OCH3 is 1. The summed E-state index contributed by atoms with van der Waals surface area (Å²) in [7, 11) is 1.57. The van der Waals surface area contributed by atoms with Crippen LogP contribution in [-0.4, -0.2) is 59.9 Å². The molecule has 2 N–H and O–H groups in total. The first kappa shape index (κ1) is 17.5. The van der Waals surface area contributed by atoms with Crippen LogP contribution in [0.5, 0.6) is 5.88 Å². The van der Waals surface area contributed by atoms with E-state index in [0.29, 0.717) is 29.0 Å². The van der Waals surface area contributed by atoms with E-state index in [0.717, 1.165) is 37.3 Å². The van der Waals surface area contributed by atoms with Gasteiger partial charge in [0, 0.05) is 12.3 Å². The Bertz CT molecular complexity index is 1110. The fourth-order valence-corrected chi connectivity index (χ4v) is 3.38. The van der Waals surface area contributed by atoms with Crippen molar-refractivity contribution in [2.24, 2.45) is 0 Å². The van der Waals surface area contributed by atoms with Gasteiger partial charge in [-0.05, 0) is 32.0 Å². The predicted octanol–water partition coefficient (Wildman–Crippen LogP) is 1.48. The number of nitrogens with one attached hydrogen (secondary N) is 2. The maximum atomic E-state index is 5.10. The van der Waals surface area contributed by atoms with Gasteiger partial charge in [-0.1, -0.05) is 5.21 Å². The smallest absolute Gasteiger partial charge is 0.229 e. The molecule has 0 aromatic carbocycles. The first-order valence-corrected chi connectivity index (χ1v) is 9.41. The van der Waals surface area contributed by atoms with Crippen molar-refractivity contribution in [3.63, 3.8) is 0 Å². The van der Waals surface area contributed by atoms with Gasteiger partial charge >= 0.3 is 0 Å². The summed E-state index contributed by atoms with van der Waals surface area (Å²) in [6.45, 7) is 2.04. The number of hydrogen-bond acceptors (Lipinski definition) is 9. The van der Waals surface area contributed by atoms with Crippen molar-refractivity contribution in [3.05, 3.63) is 36.9 Å². The van der Waals surface area contributed by atoms with Gasteiger partial charge in [-0.3, -0.25) is 4.68 Å². The number of ether oxygens (including phenoxy) is 1. The number of anilines is 2.